The summed E-state index contributed by atoms with van der Waals surface area (Å²) in [5.41, 5.74) is 2.72. The number of nitrogens with one attached hydrogen (secondary N) is 1. The van der Waals surface area contributed by atoms with Gasteiger partial charge in [-0.1, -0.05) is 77.3 Å². The molecule has 0 aromatic heterocycles. The van der Waals surface area contributed by atoms with Gasteiger partial charge >= 0.3 is 0 Å². The first kappa shape index (κ1) is 28.5. The zero-order chi connectivity index (χ0) is 27.2. The minimum absolute atomic E-state index is 0.0226. The number of aryl methyl sites for hydroxylation is 1. The van der Waals surface area contributed by atoms with E-state index < -0.39 is 28.5 Å². The summed E-state index contributed by atoms with van der Waals surface area (Å²) >= 11 is 12.5. The minimum Gasteiger partial charge on any atom is -0.357 e. The minimum atomic E-state index is -3.81. The van der Waals surface area contributed by atoms with Gasteiger partial charge in [0.15, 0.2) is 0 Å². The average molecular weight is 563 g/mol. The van der Waals surface area contributed by atoms with Crippen molar-refractivity contribution in [3.63, 3.8) is 0 Å². The van der Waals surface area contributed by atoms with E-state index in [0.29, 0.717) is 21.3 Å². The summed E-state index contributed by atoms with van der Waals surface area (Å²) in [6.07, 6.45) is 1.27. The number of halogens is 2. The second-order valence-corrected chi connectivity index (χ2v) is 11.4. The summed E-state index contributed by atoms with van der Waals surface area (Å²) in [6.45, 7) is 1.37. The maximum atomic E-state index is 13.8. The van der Waals surface area contributed by atoms with E-state index in [1.807, 2.05) is 37.3 Å². The van der Waals surface area contributed by atoms with Crippen LogP contribution < -0.4 is 9.62 Å². The number of benzene rings is 3. The smallest absolute Gasteiger partial charge is 0.244 e. The van der Waals surface area contributed by atoms with Gasteiger partial charge in [0.25, 0.3) is 0 Å². The number of sulfonamides is 1. The standard InChI is InChI=1S/C27H29Cl2N3O4S/c1-19-9-13-23(14-10-19)32(37(3,35)36)18-26(33)31(17-21-11-12-22(28)16-24(21)29)25(27(34)30-2)15-20-7-5-4-6-8-20/h4-14,16,25H,15,17-18H2,1-3H3,(H,30,34). The van der Waals surface area contributed by atoms with Crippen LogP contribution in [0.3, 0.4) is 0 Å². The molecule has 0 aliphatic carbocycles. The van der Waals surface area contributed by atoms with Crippen molar-refractivity contribution in [3.8, 4) is 0 Å². The SMILES string of the molecule is CNC(=O)C(Cc1ccccc1)N(Cc1ccc(Cl)cc1Cl)C(=O)CN(c1ccc(C)cc1)S(C)(=O)=O. The summed E-state index contributed by atoms with van der Waals surface area (Å²) < 4.78 is 26.5. The molecule has 0 radical (unpaired) electrons. The Hall–Kier alpha value is -3.07. The third-order valence-electron chi connectivity index (χ3n) is 5.87. The molecule has 3 aromatic rings. The van der Waals surface area contributed by atoms with E-state index in [9.17, 15) is 18.0 Å². The summed E-state index contributed by atoms with van der Waals surface area (Å²) in [6, 6.07) is 20.1. The van der Waals surface area contributed by atoms with Crippen LogP contribution >= 0.6 is 23.2 Å². The van der Waals surface area contributed by atoms with Gasteiger partial charge in [-0.2, -0.15) is 0 Å². The molecule has 1 atom stereocenters. The highest BCUT2D eigenvalue weighted by atomic mass is 35.5. The van der Waals surface area contributed by atoms with Crippen LogP contribution in [-0.2, 0) is 32.6 Å². The fourth-order valence-corrected chi connectivity index (χ4v) is 5.20. The lowest BCUT2D eigenvalue weighted by molar-refractivity contribution is -0.139. The van der Waals surface area contributed by atoms with E-state index in [1.165, 1.54) is 11.9 Å². The van der Waals surface area contributed by atoms with Crippen molar-refractivity contribution < 1.29 is 18.0 Å². The van der Waals surface area contributed by atoms with Crippen molar-refractivity contribution >= 4 is 50.7 Å². The molecule has 3 rings (SSSR count). The summed E-state index contributed by atoms with van der Waals surface area (Å²) in [5, 5.41) is 3.40. The van der Waals surface area contributed by atoms with E-state index in [-0.39, 0.29) is 18.9 Å². The Morgan fingerprint density at radius 3 is 2.19 bits per heavy atom. The summed E-state index contributed by atoms with van der Waals surface area (Å²) in [5.74, 6) is -0.940. The lowest BCUT2D eigenvalue weighted by atomic mass is 10.0. The summed E-state index contributed by atoms with van der Waals surface area (Å²) in [7, 11) is -2.32. The fraction of sp³-hybridized carbons (Fsp3) is 0.259. The molecule has 1 unspecified atom stereocenters. The molecular formula is C27H29Cl2N3O4S. The highest BCUT2D eigenvalue weighted by Gasteiger charge is 2.33. The highest BCUT2D eigenvalue weighted by Crippen LogP contribution is 2.25. The van der Waals surface area contributed by atoms with Crippen LogP contribution in [0.2, 0.25) is 10.0 Å². The average Bonchev–Trinajstić information content (AvgIpc) is 2.86. The van der Waals surface area contributed by atoms with Crippen LogP contribution in [0.1, 0.15) is 16.7 Å². The van der Waals surface area contributed by atoms with Gasteiger partial charge in [-0.15, -0.1) is 0 Å². The number of nitrogens with zero attached hydrogens (tertiary/aromatic N) is 2. The van der Waals surface area contributed by atoms with Gasteiger partial charge in [0.2, 0.25) is 21.8 Å². The van der Waals surface area contributed by atoms with E-state index in [2.05, 4.69) is 5.32 Å². The fourth-order valence-electron chi connectivity index (χ4n) is 3.88. The Morgan fingerprint density at radius 2 is 1.62 bits per heavy atom. The first-order valence-electron chi connectivity index (χ1n) is 11.5. The molecule has 7 nitrogen and oxygen atoms in total. The molecule has 0 spiro atoms. The zero-order valence-electron chi connectivity index (χ0n) is 20.8. The van der Waals surface area contributed by atoms with Crippen molar-refractivity contribution in [3.05, 3.63) is 99.5 Å². The molecular weight excluding hydrogens is 533 g/mol. The number of carbonyl (C=O) groups is 2. The van der Waals surface area contributed by atoms with Gasteiger partial charge in [-0.05, 0) is 42.3 Å². The Labute approximate surface area is 228 Å². The molecule has 0 aliphatic heterocycles. The number of rotatable bonds is 10. The molecule has 37 heavy (non-hydrogen) atoms. The monoisotopic (exact) mass is 561 g/mol. The Kier molecular flexibility index (Phi) is 9.59. The zero-order valence-corrected chi connectivity index (χ0v) is 23.1. The number of anilines is 1. The number of hydrogen-bond acceptors (Lipinski definition) is 4. The first-order chi connectivity index (χ1) is 17.5. The largest absolute Gasteiger partial charge is 0.357 e. The Morgan fingerprint density at radius 1 is 0.973 bits per heavy atom. The molecule has 10 heteroatoms. The quantitative estimate of drug-likeness (QED) is 0.396. The van der Waals surface area contributed by atoms with E-state index in [1.54, 1.807) is 42.5 Å². The lowest BCUT2D eigenvalue weighted by Crippen LogP contribution is -2.52. The van der Waals surface area contributed by atoms with E-state index in [0.717, 1.165) is 21.7 Å². The molecule has 0 fully saturated rings. The molecule has 196 valence electrons. The predicted molar refractivity (Wildman–Crippen MR) is 148 cm³/mol. The van der Waals surface area contributed by atoms with Gasteiger partial charge in [0.1, 0.15) is 12.6 Å². The van der Waals surface area contributed by atoms with E-state index in [4.69, 9.17) is 23.2 Å². The molecule has 3 aromatic carbocycles. The predicted octanol–water partition coefficient (Wildman–Crippen LogP) is 4.45. The van der Waals surface area contributed by atoms with Crippen LogP contribution in [0.5, 0.6) is 0 Å². The van der Waals surface area contributed by atoms with Crippen molar-refractivity contribution in [2.24, 2.45) is 0 Å². The molecule has 0 heterocycles. The van der Waals surface area contributed by atoms with Crippen molar-refractivity contribution in [2.75, 3.05) is 24.2 Å². The molecule has 2 amide bonds. The normalized spacial score (nSPS) is 12.0. The molecule has 0 saturated carbocycles. The topological polar surface area (TPSA) is 86.8 Å². The van der Waals surface area contributed by atoms with Crippen molar-refractivity contribution in [2.45, 2.75) is 25.9 Å². The maximum Gasteiger partial charge on any atom is 0.244 e. The van der Waals surface area contributed by atoms with Gasteiger partial charge < -0.3 is 10.2 Å². The van der Waals surface area contributed by atoms with Crippen molar-refractivity contribution in [1.29, 1.82) is 0 Å². The maximum absolute atomic E-state index is 13.8. The van der Waals surface area contributed by atoms with Crippen LogP contribution in [0.15, 0.2) is 72.8 Å². The molecule has 0 aliphatic rings. The number of likely N-dealkylation sites (N-methyl/N-ethyl adjacent to an activating group) is 1. The second-order valence-electron chi connectivity index (χ2n) is 8.68. The van der Waals surface area contributed by atoms with Gasteiger partial charge in [0, 0.05) is 30.1 Å². The Balaban J connectivity index is 2.04. The molecule has 0 bridgehead atoms. The number of hydrogen-bond donors (Lipinski definition) is 1. The van der Waals surface area contributed by atoms with Gasteiger partial charge in [-0.3, -0.25) is 13.9 Å². The van der Waals surface area contributed by atoms with Gasteiger partial charge in [0.05, 0.1) is 11.9 Å². The van der Waals surface area contributed by atoms with Crippen LogP contribution in [0, 0.1) is 6.92 Å². The van der Waals surface area contributed by atoms with E-state index >= 15 is 0 Å². The third kappa shape index (κ3) is 7.71. The first-order valence-corrected chi connectivity index (χ1v) is 14.1. The van der Waals surface area contributed by atoms with Crippen LogP contribution in [0.4, 0.5) is 5.69 Å². The summed E-state index contributed by atoms with van der Waals surface area (Å²) in [4.78, 5) is 28.3. The molecule has 0 saturated heterocycles. The highest BCUT2D eigenvalue weighted by molar-refractivity contribution is 7.92. The van der Waals surface area contributed by atoms with Gasteiger partial charge in [-0.25, -0.2) is 8.42 Å². The number of carbonyl (C=O) groups excluding carboxylic acids is 2. The lowest BCUT2D eigenvalue weighted by Gasteiger charge is -2.33. The third-order valence-corrected chi connectivity index (χ3v) is 7.60. The van der Waals surface area contributed by atoms with Crippen LogP contribution in [0.25, 0.3) is 0 Å². The Bertz CT molecular complexity index is 1350. The number of amides is 2. The second kappa shape index (κ2) is 12.4. The van der Waals surface area contributed by atoms with Crippen molar-refractivity contribution in [1.82, 2.24) is 10.2 Å². The van der Waals surface area contributed by atoms with Crippen LogP contribution in [-0.4, -0.2) is 51.0 Å². The molecule has 1 N–H and O–H groups in total.